The van der Waals surface area contributed by atoms with Crippen LogP contribution < -0.4 is 9.47 Å². The van der Waals surface area contributed by atoms with Crippen molar-refractivity contribution in [2.24, 2.45) is 17.8 Å². The number of hydrogen-bond acceptors (Lipinski definition) is 4. The summed E-state index contributed by atoms with van der Waals surface area (Å²) in [5.41, 5.74) is 6.50. The first-order chi connectivity index (χ1) is 23.0. The number of aryl methyl sites for hydroxylation is 2. The second-order valence-corrected chi connectivity index (χ2v) is 15.2. The van der Waals surface area contributed by atoms with Gasteiger partial charge >= 0.3 is 0 Å². The largest absolute Gasteiger partial charge is 0.508 e. The van der Waals surface area contributed by atoms with Crippen LogP contribution in [0.2, 0.25) is 0 Å². The van der Waals surface area contributed by atoms with E-state index in [4.69, 9.17) is 9.47 Å². The van der Waals surface area contributed by atoms with Gasteiger partial charge in [-0.3, -0.25) is 0 Å². The van der Waals surface area contributed by atoms with Crippen molar-refractivity contribution in [1.29, 1.82) is 0 Å². The van der Waals surface area contributed by atoms with Crippen molar-refractivity contribution >= 4 is 0 Å². The molecule has 0 saturated heterocycles. The van der Waals surface area contributed by atoms with Gasteiger partial charge < -0.3 is 19.7 Å². The zero-order valence-electron chi connectivity index (χ0n) is 31.6. The van der Waals surface area contributed by atoms with E-state index in [2.05, 4.69) is 73.3 Å². The highest BCUT2D eigenvalue weighted by Crippen LogP contribution is 2.47. The van der Waals surface area contributed by atoms with E-state index in [-0.39, 0.29) is 11.8 Å². The number of phenolic OH excluding ortho intramolecular Hbond substituents is 2. The molecule has 0 unspecified atom stereocenters. The Hall–Kier alpha value is -2.88. The van der Waals surface area contributed by atoms with Gasteiger partial charge in [0.05, 0.1) is 0 Å². The van der Waals surface area contributed by atoms with Crippen LogP contribution in [-0.2, 0) is 19.3 Å². The maximum Gasteiger partial charge on any atom is 0.127 e. The minimum absolute atomic E-state index is 0.0303. The third-order valence-electron chi connectivity index (χ3n) is 10.2. The lowest BCUT2D eigenvalue weighted by atomic mass is 9.73. The third kappa shape index (κ3) is 12.5. The molecule has 0 aromatic heterocycles. The lowest BCUT2D eigenvalue weighted by Crippen LogP contribution is -2.19. The average molecular weight is 661 g/mol. The highest BCUT2D eigenvalue weighted by atomic mass is 16.5. The molecule has 3 rings (SSSR count). The van der Waals surface area contributed by atoms with Crippen LogP contribution in [0.15, 0.2) is 48.1 Å². The molecule has 0 amide bonds. The molecule has 2 aromatic carbocycles. The van der Waals surface area contributed by atoms with Crippen LogP contribution in [0.5, 0.6) is 23.0 Å². The average Bonchev–Trinajstić information content (AvgIpc) is 3.02. The normalized spacial score (nSPS) is 17.0. The Labute approximate surface area is 294 Å². The van der Waals surface area contributed by atoms with Gasteiger partial charge in [-0.1, -0.05) is 103 Å². The van der Waals surface area contributed by atoms with E-state index in [0.717, 1.165) is 109 Å². The van der Waals surface area contributed by atoms with Crippen LogP contribution in [0.1, 0.15) is 154 Å². The van der Waals surface area contributed by atoms with E-state index < -0.39 is 0 Å². The van der Waals surface area contributed by atoms with Crippen LogP contribution in [0.3, 0.4) is 0 Å². The van der Waals surface area contributed by atoms with Crippen molar-refractivity contribution in [2.75, 3.05) is 13.2 Å². The van der Waals surface area contributed by atoms with Gasteiger partial charge in [0, 0.05) is 17.0 Å². The number of aromatic hydroxyl groups is 2. The molecule has 4 nitrogen and oxygen atoms in total. The van der Waals surface area contributed by atoms with Crippen molar-refractivity contribution < 1.29 is 19.7 Å². The van der Waals surface area contributed by atoms with Crippen molar-refractivity contribution in [3.05, 3.63) is 70.3 Å². The summed E-state index contributed by atoms with van der Waals surface area (Å²) in [7, 11) is 0. The molecule has 0 aliphatic heterocycles. The number of phenols is 2. The molecule has 48 heavy (non-hydrogen) atoms. The van der Waals surface area contributed by atoms with Crippen molar-refractivity contribution in [1.82, 2.24) is 0 Å². The zero-order chi connectivity index (χ0) is 35.1. The van der Waals surface area contributed by atoms with E-state index in [9.17, 15) is 10.2 Å². The van der Waals surface area contributed by atoms with Gasteiger partial charge in [0.2, 0.25) is 0 Å². The monoisotopic (exact) mass is 661 g/mol. The topological polar surface area (TPSA) is 58.9 Å². The second-order valence-electron chi connectivity index (χ2n) is 15.2. The molecule has 0 fully saturated rings. The summed E-state index contributed by atoms with van der Waals surface area (Å²) in [6, 6.07) is 8.19. The van der Waals surface area contributed by atoms with Gasteiger partial charge in [-0.15, -0.1) is 0 Å². The molecule has 1 aliphatic carbocycles. The van der Waals surface area contributed by atoms with Gasteiger partial charge in [-0.05, 0) is 118 Å². The summed E-state index contributed by atoms with van der Waals surface area (Å²) in [4.78, 5) is 0. The van der Waals surface area contributed by atoms with E-state index in [1.54, 1.807) is 0 Å². The van der Waals surface area contributed by atoms with Crippen LogP contribution in [0.4, 0.5) is 0 Å². The Bertz CT molecular complexity index is 1310. The molecule has 4 heteroatoms. The highest BCUT2D eigenvalue weighted by Gasteiger charge is 2.30. The molecule has 0 radical (unpaired) electrons. The summed E-state index contributed by atoms with van der Waals surface area (Å²) in [5.74, 6) is 3.83. The van der Waals surface area contributed by atoms with Crippen LogP contribution in [0, 0.1) is 17.8 Å². The van der Waals surface area contributed by atoms with Crippen molar-refractivity contribution in [3.8, 4) is 23.0 Å². The van der Waals surface area contributed by atoms with Gasteiger partial charge in [0.15, 0.2) is 0 Å². The number of ether oxygens (including phenoxy) is 2. The minimum atomic E-state index is 0.0303. The maximum atomic E-state index is 11.5. The fourth-order valence-electron chi connectivity index (χ4n) is 7.25. The van der Waals surface area contributed by atoms with Crippen molar-refractivity contribution in [3.63, 3.8) is 0 Å². The van der Waals surface area contributed by atoms with E-state index >= 15 is 0 Å². The summed E-state index contributed by atoms with van der Waals surface area (Å²) >= 11 is 0. The van der Waals surface area contributed by atoms with E-state index in [1.165, 1.54) is 37.7 Å². The number of unbranched alkanes of at least 4 members (excludes halogenated alkanes) is 4. The lowest BCUT2D eigenvalue weighted by Gasteiger charge is -2.32. The fourth-order valence-corrected chi connectivity index (χ4v) is 7.25. The summed E-state index contributed by atoms with van der Waals surface area (Å²) < 4.78 is 13.0. The molecule has 0 heterocycles. The van der Waals surface area contributed by atoms with Crippen molar-refractivity contribution in [2.45, 2.75) is 151 Å². The first-order valence-corrected chi connectivity index (χ1v) is 19.3. The zero-order valence-corrected chi connectivity index (χ0v) is 31.6. The predicted octanol–water partition coefficient (Wildman–Crippen LogP) is 12.4. The number of allylic oxidation sites excluding steroid dienone is 3. The Morgan fingerprint density at radius 3 is 2.00 bits per heavy atom. The summed E-state index contributed by atoms with van der Waals surface area (Å²) in [6.45, 7) is 20.7. The smallest absolute Gasteiger partial charge is 0.127 e. The molecule has 0 bridgehead atoms. The third-order valence-corrected chi connectivity index (χ3v) is 10.2. The van der Waals surface area contributed by atoms with Gasteiger partial charge in [-0.2, -0.15) is 0 Å². The Morgan fingerprint density at radius 2 is 1.40 bits per heavy atom. The predicted molar refractivity (Wildman–Crippen MR) is 204 cm³/mol. The second kappa shape index (κ2) is 20.6. The van der Waals surface area contributed by atoms with Gasteiger partial charge in [0.1, 0.15) is 36.2 Å². The van der Waals surface area contributed by atoms with E-state index in [0.29, 0.717) is 30.6 Å². The lowest BCUT2D eigenvalue weighted by molar-refractivity contribution is 0.212. The maximum absolute atomic E-state index is 11.5. The van der Waals surface area contributed by atoms with Crippen LogP contribution >= 0.6 is 0 Å². The SMILES string of the molecule is C=C(C)[C@@H]1CCC(C)=C[C@H]1c1c(O)cc(CCCCC)cc1OCCOc1cc(CCCCC)cc(O)c1CC[C@H](C)CCCC(C)C. The van der Waals surface area contributed by atoms with Crippen LogP contribution in [0.25, 0.3) is 0 Å². The Balaban J connectivity index is 1.81. The van der Waals surface area contributed by atoms with E-state index in [1.807, 2.05) is 12.1 Å². The number of benzene rings is 2. The molecule has 1 aliphatic rings. The van der Waals surface area contributed by atoms with Gasteiger partial charge in [-0.25, -0.2) is 0 Å². The molecule has 2 aromatic rings. The molecular formula is C44H68O4. The fraction of sp³-hybridized carbons (Fsp3) is 0.636. The minimum Gasteiger partial charge on any atom is -0.508 e. The molecule has 0 spiro atoms. The van der Waals surface area contributed by atoms with Gasteiger partial charge in [0.25, 0.3) is 0 Å². The number of rotatable bonds is 22. The summed E-state index contributed by atoms with van der Waals surface area (Å²) in [6.07, 6.45) is 18.7. The molecule has 2 N–H and O–H groups in total. The van der Waals surface area contributed by atoms with Crippen LogP contribution in [-0.4, -0.2) is 23.4 Å². The quantitative estimate of drug-likeness (QED) is 0.0974. The standard InChI is InChI=1S/C44H68O4/c1-9-11-13-18-35-27-40(45)38(23-20-33(7)17-15-16-31(3)4)42(29-35)47-24-25-48-43-30-36(19-14-12-10-2)28-41(46)44(43)39-26-34(8)21-22-37(39)32(5)6/h26-31,33,37,39,45-46H,5,9-25H2,1-4,6-8H3/t33-,37+,39-/m1/s1. The highest BCUT2D eigenvalue weighted by molar-refractivity contribution is 5.53. The molecule has 3 atom stereocenters. The Morgan fingerprint density at radius 1 is 0.792 bits per heavy atom. The number of hydrogen-bond donors (Lipinski definition) is 2. The molecular weight excluding hydrogens is 592 g/mol. The molecule has 0 saturated carbocycles. The molecule has 268 valence electrons. The first-order valence-electron chi connectivity index (χ1n) is 19.3. The Kier molecular flexibility index (Phi) is 17.0. The first kappa shape index (κ1) is 39.6. The summed E-state index contributed by atoms with van der Waals surface area (Å²) in [5, 5.41) is 22.7.